The summed E-state index contributed by atoms with van der Waals surface area (Å²) in [5.74, 6) is -0.243. The third-order valence-corrected chi connectivity index (χ3v) is 5.02. The average Bonchev–Trinajstić information content (AvgIpc) is 3.34. The molecule has 138 valence electrons. The van der Waals surface area contributed by atoms with E-state index in [0.29, 0.717) is 30.8 Å². The Kier molecular flexibility index (Phi) is 5.74. The van der Waals surface area contributed by atoms with Crippen LogP contribution in [0.5, 0.6) is 0 Å². The molecule has 3 N–H and O–H groups in total. The Morgan fingerprint density at radius 2 is 1.77 bits per heavy atom. The molecule has 26 heavy (non-hydrogen) atoms. The molecule has 0 unspecified atom stereocenters. The quantitative estimate of drug-likeness (QED) is 0.754. The number of amides is 3. The highest BCUT2D eigenvalue weighted by Crippen LogP contribution is 2.38. The molecular weight excluding hydrogens is 332 g/mol. The van der Waals surface area contributed by atoms with E-state index in [9.17, 15) is 14.9 Å². The average molecular weight is 356 g/mol. The van der Waals surface area contributed by atoms with Crippen molar-refractivity contribution >= 4 is 23.3 Å². The van der Waals surface area contributed by atoms with Crippen molar-refractivity contribution in [3.63, 3.8) is 0 Å². The molecule has 0 radical (unpaired) electrons. The first-order valence-corrected chi connectivity index (χ1v) is 9.10. The summed E-state index contributed by atoms with van der Waals surface area (Å²) in [5, 5.41) is 17.7. The molecule has 1 saturated heterocycles. The maximum absolute atomic E-state index is 12.4. The fraction of sp³-hybridized carbons (Fsp3) is 0.526. The van der Waals surface area contributed by atoms with E-state index in [-0.39, 0.29) is 18.0 Å². The van der Waals surface area contributed by atoms with Gasteiger partial charge in [0.15, 0.2) is 0 Å². The van der Waals surface area contributed by atoms with E-state index >= 15 is 0 Å². The number of anilines is 2. The third-order valence-electron chi connectivity index (χ3n) is 5.02. The summed E-state index contributed by atoms with van der Waals surface area (Å²) in [6.07, 6.45) is 5.14. The molecule has 1 aliphatic heterocycles. The Morgan fingerprint density at radius 3 is 2.35 bits per heavy atom. The van der Waals surface area contributed by atoms with Crippen molar-refractivity contribution in [3.8, 4) is 6.07 Å². The molecular formula is C19H24N4O3. The number of ether oxygens (including phenoxy) is 1. The number of rotatable bonds is 5. The van der Waals surface area contributed by atoms with Crippen LogP contribution in [-0.2, 0) is 9.53 Å². The van der Waals surface area contributed by atoms with Crippen LogP contribution in [0, 0.1) is 16.7 Å². The van der Waals surface area contributed by atoms with E-state index in [1.54, 1.807) is 24.3 Å². The number of hydrogen-bond donors (Lipinski definition) is 3. The second-order valence-electron chi connectivity index (χ2n) is 6.90. The van der Waals surface area contributed by atoms with Crippen LogP contribution in [0.4, 0.5) is 16.2 Å². The van der Waals surface area contributed by atoms with Gasteiger partial charge in [-0.15, -0.1) is 0 Å². The van der Waals surface area contributed by atoms with Gasteiger partial charge in [-0.2, -0.15) is 5.26 Å². The van der Waals surface area contributed by atoms with Crippen molar-refractivity contribution in [2.75, 3.05) is 23.8 Å². The second-order valence-corrected chi connectivity index (χ2v) is 6.90. The van der Waals surface area contributed by atoms with Crippen molar-refractivity contribution in [1.29, 1.82) is 5.26 Å². The third kappa shape index (κ3) is 4.33. The van der Waals surface area contributed by atoms with E-state index in [4.69, 9.17) is 4.74 Å². The van der Waals surface area contributed by atoms with Crippen LogP contribution in [0.15, 0.2) is 24.3 Å². The lowest BCUT2D eigenvalue weighted by Crippen LogP contribution is -2.35. The van der Waals surface area contributed by atoms with Crippen LogP contribution in [0.2, 0.25) is 0 Å². The van der Waals surface area contributed by atoms with Gasteiger partial charge in [0, 0.05) is 24.5 Å². The van der Waals surface area contributed by atoms with Crippen LogP contribution < -0.4 is 16.0 Å². The van der Waals surface area contributed by atoms with E-state index in [1.807, 2.05) is 0 Å². The Labute approximate surface area is 153 Å². The van der Waals surface area contributed by atoms with Crippen molar-refractivity contribution in [2.24, 2.45) is 5.41 Å². The molecule has 0 aromatic heterocycles. The normalized spacial score (nSPS) is 21.0. The predicted molar refractivity (Wildman–Crippen MR) is 97.6 cm³/mol. The number of carbonyl (C=O) groups excluding carboxylic acids is 2. The molecule has 2 aliphatic rings. The molecule has 1 saturated carbocycles. The van der Waals surface area contributed by atoms with Gasteiger partial charge in [-0.25, -0.2) is 4.79 Å². The van der Waals surface area contributed by atoms with E-state index in [0.717, 1.165) is 32.3 Å². The minimum Gasteiger partial charge on any atom is -0.376 e. The zero-order valence-electron chi connectivity index (χ0n) is 14.7. The summed E-state index contributed by atoms with van der Waals surface area (Å²) in [6, 6.07) is 8.77. The van der Waals surface area contributed by atoms with Crippen molar-refractivity contribution < 1.29 is 14.3 Å². The Morgan fingerprint density at radius 1 is 1.12 bits per heavy atom. The molecule has 0 bridgehead atoms. The maximum Gasteiger partial charge on any atom is 0.319 e. The van der Waals surface area contributed by atoms with Gasteiger partial charge in [0.05, 0.1) is 12.2 Å². The molecule has 1 atom stereocenters. The van der Waals surface area contributed by atoms with Gasteiger partial charge in [-0.05, 0) is 49.9 Å². The largest absolute Gasteiger partial charge is 0.376 e. The monoisotopic (exact) mass is 356 g/mol. The predicted octanol–water partition coefficient (Wildman–Crippen LogP) is 3.01. The number of urea groups is 1. The molecule has 7 nitrogen and oxygen atoms in total. The molecule has 3 rings (SSSR count). The topological polar surface area (TPSA) is 103 Å². The standard InChI is InChI=1S/C19H24N4O3/c20-13-19(9-1-2-10-19)17(24)22-14-5-7-15(8-6-14)23-18(25)21-12-16-4-3-11-26-16/h5-8,16H,1-4,9-12H2,(H,22,24)(H2,21,23,25)/t16-/m0/s1. The molecule has 1 aromatic rings. The smallest absolute Gasteiger partial charge is 0.319 e. The lowest BCUT2D eigenvalue weighted by molar-refractivity contribution is -0.122. The van der Waals surface area contributed by atoms with Gasteiger partial charge in [0.1, 0.15) is 5.41 Å². The number of nitrogens with zero attached hydrogens (tertiary/aromatic N) is 1. The van der Waals surface area contributed by atoms with Gasteiger partial charge in [0.25, 0.3) is 0 Å². The van der Waals surface area contributed by atoms with Crippen molar-refractivity contribution in [2.45, 2.75) is 44.6 Å². The minimum atomic E-state index is -0.904. The van der Waals surface area contributed by atoms with E-state index in [2.05, 4.69) is 22.0 Å². The first-order valence-electron chi connectivity index (χ1n) is 9.10. The molecule has 1 aliphatic carbocycles. The number of carbonyl (C=O) groups is 2. The van der Waals surface area contributed by atoms with Gasteiger partial charge in [-0.1, -0.05) is 12.8 Å². The molecule has 0 spiro atoms. The van der Waals surface area contributed by atoms with E-state index in [1.165, 1.54) is 0 Å². The first-order chi connectivity index (χ1) is 12.6. The SMILES string of the molecule is N#CC1(C(=O)Nc2ccc(NC(=O)NC[C@@H]3CCCO3)cc2)CCCC1. The number of benzene rings is 1. The Balaban J connectivity index is 1.49. The first kappa shape index (κ1) is 18.2. The Hall–Kier alpha value is -2.59. The lowest BCUT2D eigenvalue weighted by Gasteiger charge is -2.19. The molecule has 2 fully saturated rings. The maximum atomic E-state index is 12.4. The second kappa shape index (κ2) is 8.19. The fourth-order valence-corrected chi connectivity index (χ4v) is 3.44. The molecule has 3 amide bonds. The highest BCUT2D eigenvalue weighted by atomic mass is 16.5. The minimum absolute atomic E-state index is 0.0985. The van der Waals surface area contributed by atoms with E-state index < -0.39 is 5.41 Å². The summed E-state index contributed by atoms with van der Waals surface area (Å²) in [4.78, 5) is 24.3. The fourth-order valence-electron chi connectivity index (χ4n) is 3.44. The number of nitriles is 1. The van der Waals surface area contributed by atoms with Gasteiger partial charge in [-0.3, -0.25) is 4.79 Å². The highest BCUT2D eigenvalue weighted by Gasteiger charge is 2.41. The summed E-state index contributed by atoms with van der Waals surface area (Å²) in [7, 11) is 0. The molecule has 1 heterocycles. The number of nitrogens with one attached hydrogen (secondary N) is 3. The number of hydrogen-bond acceptors (Lipinski definition) is 4. The summed E-state index contributed by atoms with van der Waals surface area (Å²) < 4.78 is 5.46. The van der Waals surface area contributed by atoms with Crippen molar-refractivity contribution in [1.82, 2.24) is 5.32 Å². The zero-order chi connectivity index (χ0) is 18.4. The van der Waals surface area contributed by atoms with Gasteiger partial charge >= 0.3 is 6.03 Å². The zero-order valence-corrected chi connectivity index (χ0v) is 14.7. The summed E-state index contributed by atoms with van der Waals surface area (Å²) in [5.41, 5.74) is 0.338. The molecule has 1 aromatic carbocycles. The van der Waals surface area contributed by atoms with Crippen LogP contribution in [0.25, 0.3) is 0 Å². The Bertz CT molecular complexity index is 684. The van der Waals surface area contributed by atoms with Crippen LogP contribution in [-0.4, -0.2) is 31.2 Å². The van der Waals surface area contributed by atoms with Crippen molar-refractivity contribution in [3.05, 3.63) is 24.3 Å². The summed E-state index contributed by atoms with van der Waals surface area (Å²) >= 11 is 0. The van der Waals surface area contributed by atoms with Crippen LogP contribution in [0.1, 0.15) is 38.5 Å². The van der Waals surface area contributed by atoms with Gasteiger partial charge < -0.3 is 20.7 Å². The highest BCUT2D eigenvalue weighted by molar-refractivity contribution is 5.97. The summed E-state index contributed by atoms with van der Waals surface area (Å²) in [6.45, 7) is 1.25. The molecule has 7 heteroatoms. The van der Waals surface area contributed by atoms with Crippen LogP contribution >= 0.6 is 0 Å². The lowest BCUT2D eigenvalue weighted by atomic mass is 9.87. The van der Waals surface area contributed by atoms with Crippen LogP contribution in [0.3, 0.4) is 0 Å². The van der Waals surface area contributed by atoms with Gasteiger partial charge in [0.2, 0.25) is 5.91 Å².